The molecule has 0 N–H and O–H groups in total. The van der Waals surface area contributed by atoms with Crippen molar-refractivity contribution in [3.8, 4) is 0 Å². The molecule has 0 heterocycles. The Bertz CT molecular complexity index is 546. The standard InChI is InChI=1S/C15H17ClFNO3/c1-3-8-18(10-15(20)21-2)14(19)7-5-11-4-6-13(17)12(16)9-11/h4-7,9H,3,8,10H2,1-2H3. The Hall–Kier alpha value is -1.88. The fourth-order valence-corrected chi connectivity index (χ4v) is 1.84. The average molecular weight is 314 g/mol. The molecule has 0 aromatic heterocycles. The maximum Gasteiger partial charge on any atom is 0.325 e. The monoisotopic (exact) mass is 313 g/mol. The van der Waals surface area contributed by atoms with Crippen molar-refractivity contribution in [1.29, 1.82) is 0 Å². The molecule has 0 aliphatic rings. The Kier molecular flexibility index (Phi) is 6.88. The van der Waals surface area contributed by atoms with Crippen LogP contribution in [-0.2, 0) is 14.3 Å². The predicted molar refractivity (Wildman–Crippen MR) is 79.3 cm³/mol. The lowest BCUT2D eigenvalue weighted by molar-refractivity contribution is -0.145. The highest BCUT2D eigenvalue weighted by atomic mass is 35.5. The molecule has 0 saturated heterocycles. The first kappa shape index (κ1) is 17.2. The third-order valence-electron chi connectivity index (χ3n) is 2.71. The topological polar surface area (TPSA) is 46.6 Å². The number of carbonyl (C=O) groups is 2. The number of rotatable bonds is 6. The molecule has 0 bridgehead atoms. The van der Waals surface area contributed by atoms with Gasteiger partial charge in [0.25, 0.3) is 0 Å². The molecule has 21 heavy (non-hydrogen) atoms. The number of carbonyl (C=O) groups excluding carboxylic acids is 2. The zero-order valence-electron chi connectivity index (χ0n) is 11.9. The molecular weight excluding hydrogens is 297 g/mol. The van der Waals surface area contributed by atoms with Crippen LogP contribution in [0.1, 0.15) is 18.9 Å². The van der Waals surface area contributed by atoms with Crippen LogP contribution < -0.4 is 0 Å². The number of esters is 1. The van der Waals surface area contributed by atoms with Crippen LogP contribution in [0.4, 0.5) is 4.39 Å². The quantitative estimate of drug-likeness (QED) is 0.599. The van der Waals surface area contributed by atoms with Gasteiger partial charge in [0.05, 0.1) is 12.1 Å². The minimum absolute atomic E-state index is 0.00965. The molecule has 0 spiro atoms. The molecular formula is C15H17ClFNO3. The molecule has 6 heteroatoms. The minimum atomic E-state index is -0.515. The van der Waals surface area contributed by atoms with Crippen LogP contribution in [0.5, 0.6) is 0 Å². The number of methoxy groups -OCH3 is 1. The van der Waals surface area contributed by atoms with E-state index < -0.39 is 11.8 Å². The van der Waals surface area contributed by atoms with Crippen molar-refractivity contribution in [2.45, 2.75) is 13.3 Å². The second-order valence-corrected chi connectivity index (χ2v) is 4.75. The first-order chi connectivity index (χ1) is 9.97. The zero-order valence-corrected chi connectivity index (χ0v) is 12.7. The van der Waals surface area contributed by atoms with Gasteiger partial charge < -0.3 is 9.64 Å². The van der Waals surface area contributed by atoms with Gasteiger partial charge >= 0.3 is 5.97 Å². The van der Waals surface area contributed by atoms with Crippen molar-refractivity contribution < 1.29 is 18.7 Å². The number of ether oxygens (including phenoxy) is 1. The number of halogens is 2. The van der Waals surface area contributed by atoms with E-state index in [2.05, 4.69) is 4.74 Å². The maximum atomic E-state index is 13.0. The Balaban J connectivity index is 2.77. The van der Waals surface area contributed by atoms with Crippen LogP contribution in [0.2, 0.25) is 5.02 Å². The van der Waals surface area contributed by atoms with Crippen molar-refractivity contribution >= 4 is 29.6 Å². The SMILES string of the molecule is CCCN(CC(=O)OC)C(=O)C=Cc1ccc(F)c(Cl)c1. The summed E-state index contributed by atoms with van der Waals surface area (Å²) in [6, 6.07) is 4.16. The van der Waals surface area contributed by atoms with Crippen LogP contribution in [0.3, 0.4) is 0 Å². The lowest BCUT2D eigenvalue weighted by Gasteiger charge is -2.18. The molecule has 0 fully saturated rings. The second-order valence-electron chi connectivity index (χ2n) is 4.34. The molecule has 0 atom stereocenters. The summed E-state index contributed by atoms with van der Waals surface area (Å²) in [6.45, 7) is 2.25. The van der Waals surface area contributed by atoms with Gasteiger partial charge in [0, 0.05) is 12.6 Å². The van der Waals surface area contributed by atoms with E-state index in [9.17, 15) is 14.0 Å². The summed E-state index contributed by atoms with van der Waals surface area (Å²) in [6.07, 6.45) is 3.56. The summed E-state index contributed by atoms with van der Waals surface area (Å²) in [5.74, 6) is -1.31. The minimum Gasteiger partial charge on any atom is -0.468 e. The lowest BCUT2D eigenvalue weighted by atomic mass is 10.2. The van der Waals surface area contributed by atoms with E-state index >= 15 is 0 Å². The van der Waals surface area contributed by atoms with E-state index in [0.717, 1.165) is 6.42 Å². The van der Waals surface area contributed by atoms with Crippen LogP contribution in [0, 0.1) is 5.82 Å². The highest BCUT2D eigenvalue weighted by molar-refractivity contribution is 6.30. The fraction of sp³-hybridized carbons (Fsp3) is 0.333. The van der Waals surface area contributed by atoms with Crippen LogP contribution >= 0.6 is 11.6 Å². The normalized spacial score (nSPS) is 10.7. The molecule has 1 amide bonds. The number of hydrogen-bond acceptors (Lipinski definition) is 3. The molecule has 0 unspecified atom stereocenters. The van der Waals surface area contributed by atoms with Gasteiger partial charge in [-0.2, -0.15) is 0 Å². The van der Waals surface area contributed by atoms with Crippen molar-refractivity contribution in [2.75, 3.05) is 20.2 Å². The van der Waals surface area contributed by atoms with Gasteiger partial charge in [-0.1, -0.05) is 24.6 Å². The molecule has 1 aromatic rings. The number of hydrogen-bond donors (Lipinski definition) is 0. The van der Waals surface area contributed by atoms with E-state index in [0.29, 0.717) is 12.1 Å². The van der Waals surface area contributed by atoms with Gasteiger partial charge in [-0.3, -0.25) is 9.59 Å². The van der Waals surface area contributed by atoms with E-state index in [-0.39, 0.29) is 17.5 Å². The molecule has 114 valence electrons. The maximum absolute atomic E-state index is 13.0. The zero-order chi connectivity index (χ0) is 15.8. The Morgan fingerprint density at radius 3 is 2.71 bits per heavy atom. The van der Waals surface area contributed by atoms with Crippen molar-refractivity contribution in [3.05, 3.63) is 40.7 Å². The van der Waals surface area contributed by atoms with Gasteiger partial charge in [-0.15, -0.1) is 0 Å². The summed E-state index contributed by atoms with van der Waals surface area (Å²) < 4.78 is 17.6. The third kappa shape index (κ3) is 5.55. The smallest absolute Gasteiger partial charge is 0.325 e. The first-order valence-corrected chi connectivity index (χ1v) is 6.84. The first-order valence-electron chi connectivity index (χ1n) is 6.46. The highest BCUT2D eigenvalue weighted by Gasteiger charge is 2.14. The van der Waals surface area contributed by atoms with Crippen molar-refractivity contribution in [2.24, 2.45) is 0 Å². The van der Waals surface area contributed by atoms with E-state index in [1.165, 1.54) is 42.4 Å². The summed E-state index contributed by atoms with van der Waals surface area (Å²) in [5.41, 5.74) is 0.601. The van der Waals surface area contributed by atoms with Crippen LogP contribution in [0.25, 0.3) is 6.08 Å². The van der Waals surface area contributed by atoms with Gasteiger partial charge in [-0.25, -0.2) is 4.39 Å². The highest BCUT2D eigenvalue weighted by Crippen LogP contribution is 2.16. The predicted octanol–water partition coefficient (Wildman–Crippen LogP) is 2.90. The summed E-state index contributed by atoms with van der Waals surface area (Å²) >= 11 is 5.66. The molecule has 0 aliphatic heterocycles. The summed E-state index contributed by atoms with van der Waals surface area (Å²) in [7, 11) is 1.27. The van der Waals surface area contributed by atoms with Gasteiger partial charge in [0.1, 0.15) is 12.4 Å². The van der Waals surface area contributed by atoms with Crippen LogP contribution in [0.15, 0.2) is 24.3 Å². The molecule has 1 aromatic carbocycles. The number of benzene rings is 1. The fourth-order valence-electron chi connectivity index (χ4n) is 1.65. The Morgan fingerprint density at radius 2 is 2.14 bits per heavy atom. The molecule has 0 aliphatic carbocycles. The number of amides is 1. The lowest BCUT2D eigenvalue weighted by Crippen LogP contribution is -2.35. The molecule has 0 saturated carbocycles. The van der Waals surface area contributed by atoms with E-state index in [1.807, 2.05) is 6.92 Å². The van der Waals surface area contributed by atoms with Gasteiger partial charge in [0.15, 0.2) is 0 Å². The van der Waals surface area contributed by atoms with E-state index in [4.69, 9.17) is 11.6 Å². The van der Waals surface area contributed by atoms with Crippen molar-refractivity contribution in [1.82, 2.24) is 4.90 Å². The summed E-state index contributed by atoms with van der Waals surface area (Å²) in [5, 5.41) is -0.00965. The Morgan fingerprint density at radius 1 is 1.43 bits per heavy atom. The largest absolute Gasteiger partial charge is 0.468 e. The van der Waals surface area contributed by atoms with Gasteiger partial charge in [0.2, 0.25) is 5.91 Å². The number of nitrogens with zero attached hydrogens (tertiary/aromatic N) is 1. The van der Waals surface area contributed by atoms with Crippen molar-refractivity contribution in [3.63, 3.8) is 0 Å². The third-order valence-corrected chi connectivity index (χ3v) is 3.00. The second kappa shape index (κ2) is 8.42. The average Bonchev–Trinajstić information content (AvgIpc) is 2.47. The molecule has 1 rings (SSSR count). The molecule has 0 radical (unpaired) electrons. The summed E-state index contributed by atoms with van der Waals surface area (Å²) in [4.78, 5) is 24.7. The van der Waals surface area contributed by atoms with Gasteiger partial charge in [-0.05, 0) is 30.2 Å². The van der Waals surface area contributed by atoms with Crippen LogP contribution in [-0.4, -0.2) is 37.0 Å². The Labute approximate surface area is 128 Å². The molecule has 4 nitrogen and oxygen atoms in total. The van der Waals surface area contributed by atoms with E-state index in [1.54, 1.807) is 0 Å².